The molecule has 1 atom stereocenters. The maximum Gasteiger partial charge on any atom is 0.418 e. The summed E-state index contributed by atoms with van der Waals surface area (Å²) in [6, 6.07) is 4.20. The molecule has 0 amide bonds. The molecule has 0 saturated heterocycles. The van der Waals surface area contributed by atoms with E-state index >= 15 is 0 Å². The van der Waals surface area contributed by atoms with Gasteiger partial charge in [0.1, 0.15) is 0 Å². The van der Waals surface area contributed by atoms with E-state index in [4.69, 9.17) is 9.47 Å². The molecule has 0 bridgehead atoms. The van der Waals surface area contributed by atoms with Gasteiger partial charge in [0.05, 0.1) is 13.2 Å². The van der Waals surface area contributed by atoms with Crippen molar-refractivity contribution in [3.63, 3.8) is 0 Å². The Morgan fingerprint density at radius 3 is 2.18 bits per heavy atom. The molecule has 126 valence electrons. The first-order chi connectivity index (χ1) is 10.4. The highest BCUT2D eigenvalue weighted by atomic mass is 19.4. The predicted molar refractivity (Wildman–Crippen MR) is 78.3 cm³/mol. The number of hydrogen-bond donors (Lipinski definition) is 1. The molecule has 0 fully saturated rings. The summed E-state index contributed by atoms with van der Waals surface area (Å²) < 4.78 is 49.4. The first-order valence-corrected chi connectivity index (χ1v) is 7.55. The van der Waals surface area contributed by atoms with E-state index in [1.165, 1.54) is 12.1 Å². The largest absolute Gasteiger partial charge is 0.490 e. The predicted octanol–water partition coefficient (Wildman–Crippen LogP) is 4.64. The molecule has 1 rings (SSSR count). The van der Waals surface area contributed by atoms with Crippen LogP contribution in [0.25, 0.3) is 0 Å². The van der Waals surface area contributed by atoms with Crippen molar-refractivity contribution < 1.29 is 27.8 Å². The number of ether oxygens (including phenoxy) is 2. The van der Waals surface area contributed by atoms with Gasteiger partial charge < -0.3 is 14.6 Å². The number of para-hydroxylation sites is 1. The molecule has 0 aliphatic heterocycles. The first-order valence-electron chi connectivity index (χ1n) is 7.55. The highest BCUT2D eigenvalue weighted by Crippen LogP contribution is 2.41. The molecule has 1 aromatic carbocycles. The van der Waals surface area contributed by atoms with Crippen LogP contribution in [0.5, 0.6) is 11.5 Å². The fourth-order valence-corrected chi connectivity index (χ4v) is 1.84. The number of aliphatic hydroxyl groups is 1. The topological polar surface area (TPSA) is 38.7 Å². The van der Waals surface area contributed by atoms with Crippen LogP contribution in [0.2, 0.25) is 0 Å². The SMILES string of the molecule is CCCCOc1cccc(C(O)C(F)(F)F)c1OCCCC. The van der Waals surface area contributed by atoms with Gasteiger partial charge in [0.15, 0.2) is 17.6 Å². The molecule has 1 unspecified atom stereocenters. The van der Waals surface area contributed by atoms with Crippen LogP contribution in [0.1, 0.15) is 51.2 Å². The number of benzene rings is 1. The van der Waals surface area contributed by atoms with Gasteiger partial charge >= 0.3 is 6.18 Å². The second-order valence-electron chi connectivity index (χ2n) is 5.02. The smallest absolute Gasteiger partial charge is 0.418 e. The monoisotopic (exact) mass is 320 g/mol. The Morgan fingerprint density at radius 1 is 1.05 bits per heavy atom. The second kappa shape index (κ2) is 8.88. The zero-order valence-electron chi connectivity index (χ0n) is 12.9. The van der Waals surface area contributed by atoms with E-state index in [2.05, 4.69) is 0 Å². The number of aliphatic hydroxyl groups excluding tert-OH is 1. The zero-order valence-corrected chi connectivity index (χ0v) is 12.9. The molecule has 0 radical (unpaired) electrons. The second-order valence-corrected chi connectivity index (χ2v) is 5.02. The Hall–Kier alpha value is -1.43. The van der Waals surface area contributed by atoms with Crippen molar-refractivity contribution >= 4 is 0 Å². The van der Waals surface area contributed by atoms with E-state index in [9.17, 15) is 18.3 Å². The lowest BCUT2D eigenvalue weighted by Crippen LogP contribution is -2.21. The number of unbranched alkanes of at least 4 members (excludes halogenated alkanes) is 2. The Morgan fingerprint density at radius 2 is 1.64 bits per heavy atom. The third-order valence-corrected chi connectivity index (χ3v) is 3.11. The molecule has 0 aromatic heterocycles. The van der Waals surface area contributed by atoms with Crippen molar-refractivity contribution in [1.82, 2.24) is 0 Å². The first kappa shape index (κ1) is 18.6. The van der Waals surface area contributed by atoms with Gasteiger partial charge in [0.2, 0.25) is 0 Å². The van der Waals surface area contributed by atoms with Crippen LogP contribution in [0.3, 0.4) is 0 Å². The Balaban J connectivity index is 3.04. The van der Waals surface area contributed by atoms with Crippen molar-refractivity contribution in [3.8, 4) is 11.5 Å². The fourth-order valence-electron chi connectivity index (χ4n) is 1.84. The maximum atomic E-state index is 12.8. The van der Waals surface area contributed by atoms with Gasteiger partial charge in [-0.3, -0.25) is 0 Å². The van der Waals surface area contributed by atoms with E-state index in [-0.39, 0.29) is 23.7 Å². The summed E-state index contributed by atoms with van der Waals surface area (Å²) in [7, 11) is 0. The molecule has 0 aliphatic rings. The summed E-state index contributed by atoms with van der Waals surface area (Å²) in [5.41, 5.74) is -0.308. The van der Waals surface area contributed by atoms with Gasteiger partial charge in [0, 0.05) is 5.56 Å². The van der Waals surface area contributed by atoms with Gasteiger partial charge in [-0.05, 0) is 18.9 Å². The van der Waals surface area contributed by atoms with Crippen LogP contribution >= 0.6 is 0 Å². The maximum absolute atomic E-state index is 12.8. The molecule has 3 nitrogen and oxygen atoms in total. The molecular formula is C16H23F3O3. The summed E-state index contributed by atoms with van der Waals surface area (Å²) in [6.45, 7) is 4.62. The zero-order chi connectivity index (χ0) is 16.6. The van der Waals surface area contributed by atoms with E-state index in [0.717, 1.165) is 19.3 Å². The van der Waals surface area contributed by atoms with Crippen molar-refractivity contribution in [2.24, 2.45) is 0 Å². The highest BCUT2D eigenvalue weighted by molar-refractivity contribution is 5.48. The fraction of sp³-hybridized carbons (Fsp3) is 0.625. The van der Waals surface area contributed by atoms with Crippen LogP contribution in [0.15, 0.2) is 18.2 Å². The number of hydrogen-bond acceptors (Lipinski definition) is 3. The molecular weight excluding hydrogens is 297 g/mol. The third kappa shape index (κ3) is 5.40. The van der Waals surface area contributed by atoms with Gasteiger partial charge in [-0.2, -0.15) is 13.2 Å². The summed E-state index contributed by atoms with van der Waals surface area (Å²) >= 11 is 0. The minimum Gasteiger partial charge on any atom is -0.490 e. The number of alkyl halides is 3. The molecule has 0 spiro atoms. The van der Waals surface area contributed by atoms with E-state index in [0.29, 0.717) is 13.0 Å². The number of rotatable bonds is 9. The minimum atomic E-state index is -4.75. The Bertz CT molecular complexity index is 447. The average Bonchev–Trinajstić information content (AvgIpc) is 2.47. The third-order valence-electron chi connectivity index (χ3n) is 3.11. The molecule has 0 aliphatic carbocycles. The average molecular weight is 320 g/mol. The van der Waals surface area contributed by atoms with Crippen molar-refractivity contribution in [3.05, 3.63) is 23.8 Å². The van der Waals surface area contributed by atoms with Gasteiger partial charge in [-0.15, -0.1) is 0 Å². The van der Waals surface area contributed by atoms with Gasteiger partial charge in [0.25, 0.3) is 0 Å². The molecule has 1 aromatic rings. The van der Waals surface area contributed by atoms with Crippen LogP contribution in [0, 0.1) is 0 Å². The standard InChI is InChI=1S/C16H23F3O3/c1-3-5-10-21-13-9-7-8-12(15(20)16(17,18)19)14(13)22-11-6-4-2/h7-9,15,20H,3-6,10-11H2,1-2H3. The van der Waals surface area contributed by atoms with E-state index in [1.54, 1.807) is 6.07 Å². The summed E-state index contributed by atoms with van der Waals surface area (Å²) in [5, 5.41) is 9.53. The van der Waals surface area contributed by atoms with Gasteiger partial charge in [-0.25, -0.2) is 0 Å². The van der Waals surface area contributed by atoms with Crippen LogP contribution in [0.4, 0.5) is 13.2 Å². The normalized spacial score (nSPS) is 13.0. The van der Waals surface area contributed by atoms with Crippen molar-refractivity contribution in [2.75, 3.05) is 13.2 Å². The lowest BCUT2D eigenvalue weighted by atomic mass is 10.1. The highest BCUT2D eigenvalue weighted by Gasteiger charge is 2.41. The van der Waals surface area contributed by atoms with Crippen molar-refractivity contribution in [1.29, 1.82) is 0 Å². The number of halogens is 3. The van der Waals surface area contributed by atoms with Crippen LogP contribution < -0.4 is 9.47 Å². The lowest BCUT2D eigenvalue weighted by Gasteiger charge is -2.21. The van der Waals surface area contributed by atoms with Crippen LogP contribution in [-0.4, -0.2) is 24.5 Å². The Kier molecular flexibility index (Phi) is 7.51. The molecule has 1 N–H and O–H groups in total. The molecule has 6 heteroatoms. The molecule has 22 heavy (non-hydrogen) atoms. The Labute approximate surface area is 129 Å². The van der Waals surface area contributed by atoms with E-state index in [1.807, 2.05) is 13.8 Å². The summed E-state index contributed by atoms with van der Waals surface area (Å²) in [6.07, 6.45) is -4.05. The van der Waals surface area contributed by atoms with Crippen LogP contribution in [-0.2, 0) is 0 Å². The van der Waals surface area contributed by atoms with Crippen molar-refractivity contribution in [2.45, 2.75) is 51.8 Å². The molecule has 0 saturated carbocycles. The minimum absolute atomic E-state index is 0.0168. The molecule has 0 heterocycles. The van der Waals surface area contributed by atoms with Gasteiger partial charge in [-0.1, -0.05) is 38.8 Å². The lowest BCUT2D eigenvalue weighted by molar-refractivity contribution is -0.207. The summed E-state index contributed by atoms with van der Waals surface area (Å²) in [5.74, 6) is 0.224. The quantitative estimate of drug-likeness (QED) is 0.674. The summed E-state index contributed by atoms with van der Waals surface area (Å²) in [4.78, 5) is 0. The van der Waals surface area contributed by atoms with E-state index < -0.39 is 12.3 Å².